The third-order valence-corrected chi connectivity index (χ3v) is 9.58. The van der Waals surface area contributed by atoms with Gasteiger partial charge in [-0.05, 0) is 43.2 Å². The van der Waals surface area contributed by atoms with E-state index in [2.05, 4.69) is 5.32 Å². The van der Waals surface area contributed by atoms with Crippen LogP contribution < -0.4 is 5.32 Å². The molecule has 2 atom stereocenters. The Hall–Kier alpha value is -2.42. The Morgan fingerprint density at radius 1 is 1.06 bits per heavy atom. The molecular weight excluding hydrogens is 442 g/mol. The molecule has 9 heteroatoms. The van der Waals surface area contributed by atoms with Crippen molar-refractivity contribution in [3.8, 4) is 0 Å². The van der Waals surface area contributed by atoms with Gasteiger partial charge in [0.2, 0.25) is 5.91 Å². The van der Waals surface area contributed by atoms with Crippen molar-refractivity contribution in [2.24, 2.45) is 0 Å². The Morgan fingerprint density at radius 3 is 2.48 bits per heavy atom. The number of hydrogen-bond acceptors (Lipinski definition) is 5. The predicted molar refractivity (Wildman–Crippen MR) is 122 cm³/mol. The molecule has 3 fully saturated rings. The second kappa shape index (κ2) is 8.42. The molecular formula is C24H31N3O5S. The maximum atomic E-state index is 13.5. The SMILES string of the molecule is O=C1NC2(CCc3ccccc3C2)C(=O)N1CC(=O)N(C1CCCCC1)C1CCS(=O)(=O)C1. The van der Waals surface area contributed by atoms with Crippen LogP contribution in [-0.2, 0) is 32.3 Å². The van der Waals surface area contributed by atoms with E-state index >= 15 is 0 Å². The van der Waals surface area contributed by atoms with Gasteiger partial charge in [0.15, 0.2) is 9.84 Å². The Labute approximate surface area is 194 Å². The van der Waals surface area contributed by atoms with E-state index in [1.165, 1.54) is 5.56 Å². The summed E-state index contributed by atoms with van der Waals surface area (Å²) in [6.45, 7) is -0.332. The zero-order chi connectivity index (χ0) is 23.2. The van der Waals surface area contributed by atoms with Crippen LogP contribution in [0.2, 0.25) is 0 Å². The number of imide groups is 1. The summed E-state index contributed by atoms with van der Waals surface area (Å²) in [6.07, 6.45) is 6.83. The molecule has 2 aliphatic carbocycles. The topological polar surface area (TPSA) is 104 Å². The number of urea groups is 1. The molecule has 4 aliphatic rings. The van der Waals surface area contributed by atoms with Crippen molar-refractivity contribution >= 4 is 27.7 Å². The fraction of sp³-hybridized carbons (Fsp3) is 0.625. The van der Waals surface area contributed by atoms with Gasteiger partial charge in [0, 0.05) is 18.5 Å². The first kappa shape index (κ1) is 22.4. The molecule has 1 saturated carbocycles. The monoisotopic (exact) mass is 473 g/mol. The third-order valence-electron chi connectivity index (χ3n) is 7.83. The largest absolute Gasteiger partial charge is 0.334 e. The van der Waals surface area contributed by atoms with Gasteiger partial charge >= 0.3 is 6.03 Å². The van der Waals surface area contributed by atoms with Gasteiger partial charge in [-0.3, -0.25) is 14.5 Å². The first-order chi connectivity index (χ1) is 15.8. The third kappa shape index (κ3) is 4.16. The first-order valence-electron chi connectivity index (χ1n) is 12.0. The molecule has 0 aromatic heterocycles. The normalized spacial score (nSPS) is 29.2. The van der Waals surface area contributed by atoms with E-state index in [0.717, 1.165) is 42.6 Å². The molecule has 1 aromatic rings. The molecule has 1 spiro atoms. The highest BCUT2D eigenvalue weighted by atomic mass is 32.2. The van der Waals surface area contributed by atoms with Crippen molar-refractivity contribution in [1.29, 1.82) is 0 Å². The van der Waals surface area contributed by atoms with E-state index in [1.54, 1.807) is 4.90 Å². The average molecular weight is 474 g/mol. The van der Waals surface area contributed by atoms with Crippen molar-refractivity contribution in [3.63, 3.8) is 0 Å². The number of amides is 4. The molecule has 33 heavy (non-hydrogen) atoms. The number of nitrogens with zero attached hydrogens (tertiary/aromatic N) is 2. The van der Waals surface area contributed by atoms with Crippen LogP contribution in [0.5, 0.6) is 0 Å². The highest BCUT2D eigenvalue weighted by Gasteiger charge is 2.53. The molecule has 2 saturated heterocycles. The molecule has 8 nitrogen and oxygen atoms in total. The van der Waals surface area contributed by atoms with Gasteiger partial charge < -0.3 is 10.2 Å². The number of carbonyl (C=O) groups is 3. The van der Waals surface area contributed by atoms with Crippen LogP contribution >= 0.6 is 0 Å². The van der Waals surface area contributed by atoms with Gasteiger partial charge in [-0.25, -0.2) is 13.2 Å². The summed E-state index contributed by atoms with van der Waals surface area (Å²) < 4.78 is 24.3. The number of fused-ring (bicyclic) bond motifs is 1. The summed E-state index contributed by atoms with van der Waals surface area (Å²) in [5.41, 5.74) is 1.23. The second-order valence-corrected chi connectivity index (χ2v) is 12.2. The standard InChI is InChI=1S/C24H31N3O5S/c28-21(27(19-8-2-1-3-9-19)20-11-13-33(31,32)16-20)15-26-22(29)24(25-23(26)30)12-10-17-6-4-5-7-18(17)14-24/h4-7,19-20H,1-3,8-16H2,(H,25,30). The van der Waals surface area contributed by atoms with Gasteiger partial charge in [0.1, 0.15) is 12.1 Å². The molecule has 1 aromatic carbocycles. The van der Waals surface area contributed by atoms with Gasteiger partial charge in [-0.15, -0.1) is 0 Å². The second-order valence-electron chi connectivity index (χ2n) is 10.00. The van der Waals surface area contributed by atoms with Gasteiger partial charge in [-0.1, -0.05) is 43.5 Å². The Kier molecular flexibility index (Phi) is 5.71. The summed E-state index contributed by atoms with van der Waals surface area (Å²) >= 11 is 0. The lowest BCUT2D eigenvalue weighted by atomic mass is 9.78. The van der Waals surface area contributed by atoms with Crippen molar-refractivity contribution in [1.82, 2.24) is 15.1 Å². The molecule has 4 amide bonds. The molecule has 2 unspecified atom stereocenters. The number of nitrogens with one attached hydrogen (secondary N) is 1. The zero-order valence-electron chi connectivity index (χ0n) is 18.8. The fourth-order valence-electron chi connectivity index (χ4n) is 6.12. The first-order valence-corrected chi connectivity index (χ1v) is 13.8. The molecule has 0 radical (unpaired) electrons. The van der Waals surface area contributed by atoms with Gasteiger partial charge in [0.05, 0.1) is 11.5 Å². The van der Waals surface area contributed by atoms with Crippen molar-refractivity contribution < 1.29 is 22.8 Å². The van der Waals surface area contributed by atoms with E-state index in [9.17, 15) is 22.8 Å². The van der Waals surface area contributed by atoms with E-state index < -0.39 is 21.4 Å². The van der Waals surface area contributed by atoms with Crippen LogP contribution in [0.4, 0.5) is 4.79 Å². The lowest BCUT2D eigenvalue weighted by molar-refractivity contribution is -0.142. The summed E-state index contributed by atoms with van der Waals surface area (Å²) in [5, 5.41) is 2.89. The Morgan fingerprint density at radius 2 is 1.79 bits per heavy atom. The van der Waals surface area contributed by atoms with Crippen LogP contribution in [0.15, 0.2) is 24.3 Å². The number of carbonyl (C=O) groups excluding carboxylic acids is 3. The van der Waals surface area contributed by atoms with E-state index in [1.807, 2.05) is 24.3 Å². The van der Waals surface area contributed by atoms with Crippen molar-refractivity contribution in [3.05, 3.63) is 35.4 Å². The number of rotatable bonds is 4. The highest BCUT2D eigenvalue weighted by molar-refractivity contribution is 7.91. The number of hydrogen-bond donors (Lipinski definition) is 1. The van der Waals surface area contributed by atoms with Crippen molar-refractivity contribution in [2.45, 2.75) is 75.4 Å². The average Bonchev–Trinajstić information content (AvgIpc) is 3.26. The maximum absolute atomic E-state index is 13.5. The van der Waals surface area contributed by atoms with Crippen LogP contribution in [0, 0.1) is 0 Å². The molecule has 178 valence electrons. The molecule has 2 heterocycles. The fourth-order valence-corrected chi connectivity index (χ4v) is 7.83. The molecule has 2 aliphatic heterocycles. The van der Waals surface area contributed by atoms with E-state index in [-0.39, 0.29) is 41.9 Å². The van der Waals surface area contributed by atoms with E-state index in [4.69, 9.17) is 0 Å². The zero-order valence-corrected chi connectivity index (χ0v) is 19.6. The highest BCUT2D eigenvalue weighted by Crippen LogP contribution is 2.34. The number of sulfone groups is 1. The molecule has 1 N–H and O–H groups in total. The summed E-state index contributed by atoms with van der Waals surface area (Å²) in [7, 11) is -3.17. The quantitative estimate of drug-likeness (QED) is 0.672. The summed E-state index contributed by atoms with van der Waals surface area (Å²) in [5.74, 6) is -0.616. The minimum atomic E-state index is -3.17. The number of aryl methyl sites for hydroxylation is 1. The summed E-state index contributed by atoms with van der Waals surface area (Å²) in [6, 6.07) is 6.99. The van der Waals surface area contributed by atoms with E-state index in [0.29, 0.717) is 25.7 Å². The predicted octanol–water partition coefficient (Wildman–Crippen LogP) is 1.81. The minimum Gasteiger partial charge on any atom is -0.334 e. The van der Waals surface area contributed by atoms with Crippen LogP contribution in [0.1, 0.15) is 56.1 Å². The lowest BCUT2D eigenvalue weighted by Crippen LogP contribution is -2.54. The summed E-state index contributed by atoms with van der Waals surface area (Å²) in [4.78, 5) is 42.6. The minimum absolute atomic E-state index is 0.0270. The maximum Gasteiger partial charge on any atom is 0.325 e. The Bertz CT molecular complexity index is 1080. The Balaban J connectivity index is 1.35. The van der Waals surface area contributed by atoms with Gasteiger partial charge in [-0.2, -0.15) is 0 Å². The van der Waals surface area contributed by atoms with Crippen LogP contribution in [0.25, 0.3) is 0 Å². The lowest BCUT2D eigenvalue weighted by Gasteiger charge is -2.39. The molecule has 0 bridgehead atoms. The van der Waals surface area contributed by atoms with Crippen molar-refractivity contribution in [2.75, 3.05) is 18.1 Å². The number of benzene rings is 1. The smallest absolute Gasteiger partial charge is 0.325 e. The van der Waals surface area contributed by atoms with Crippen LogP contribution in [0.3, 0.4) is 0 Å². The molecule has 5 rings (SSSR count). The van der Waals surface area contributed by atoms with Gasteiger partial charge in [0.25, 0.3) is 5.91 Å². The van der Waals surface area contributed by atoms with Crippen LogP contribution in [-0.4, -0.2) is 71.7 Å².